The molecule has 158 valence electrons. The molecule has 1 aliphatic heterocycles. The van der Waals surface area contributed by atoms with Crippen LogP contribution in [0.15, 0.2) is 59.4 Å². The number of rotatable bonds is 6. The lowest BCUT2D eigenvalue weighted by atomic mass is 10.2. The van der Waals surface area contributed by atoms with E-state index < -0.39 is 11.5 Å². The second-order valence-electron chi connectivity index (χ2n) is 6.97. The van der Waals surface area contributed by atoms with Gasteiger partial charge in [-0.25, -0.2) is 4.68 Å². The Morgan fingerprint density at radius 3 is 2.52 bits per heavy atom. The van der Waals surface area contributed by atoms with E-state index in [1.165, 1.54) is 12.1 Å². The molecule has 4 rings (SSSR count). The van der Waals surface area contributed by atoms with E-state index in [9.17, 15) is 14.4 Å². The van der Waals surface area contributed by atoms with Crippen molar-refractivity contribution in [1.29, 1.82) is 0 Å². The molecule has 2 amide bonds. The van der Waals surface area contributed by atoms with Crippen molar-refractivity contribution in [2.24, 2.45) is 0 Å². The molecule has 1 aliphatic rings. The van der Waals surface area contributed by atoms with Crippen LogP contribution in [0.2, 0.25) is 0 Å². The van der Waals surface area contributed by atoms with Crippen LogP contribution in [0.1, 0.15) is 22.5 Å². The molecule has 0 radical (unpaired) electrons. The van der Waals surface area contributed by atoms with E-state index in [4.69, 9.17) is 9.47 Å². The molecule has 2 aromatic carbocycles. The number of nitrogens with zero attached hydrogens (tertiary/aromatic N) is 2. The molecule has 0 saturated heterocycles. The minimum Gasteiger partial charge on any atom is -0.454 e. The molecule has 0 bridgehead atoms. The van der Waals surface area contributed by atoms with Gasteiger partial charge in [-0.3, -0.25) is 14.4 Å². The van der Waals surface area contributed by atoms with Crippen LogP contribution in [0.4, 0.5) is 11.4 Å². The van der Waals surface area contributed by atoms with Gasteiger partial charge in [0.15, 0.2) is 11.5 Å². The van der Waals surface area contributed by atoms with E-state index in [-0.39, 0.29) is 31.4 Å². The van der Waals surface area contributed by atoms with E-state index in [2.05, 4.69) is 15.7 Å². The molecule has 9 heteroatoms. The molecule has 9 nitrogen and oxygen atoms in total. The zero-order valence-corrected chi connectivity index (χ0v) is 16.8. The first-order chi connectivity index (χ1) is 15.0. The highest BCUT2D eigenvalue weighted by Gasteiger charge is 2.15. The van der Waals surface area contributed by atoms with E-state index in [1.807, 2.05) is 19.1 Å². The average Bonchev–Trinajstić information content (AvgIpc) is 3.22. The lowest BCUT2D eigenvalue weighted by Crippen LogP contribution is -2.28. The fourth-order valence-corrected chi connectivity index (χ4v) is 2.97. The van der Waals surface area contributed by atoms with Crippen LogP contribution >= 0.6 is 0 Å². The van der Waals surface area contributed by atoms with Crippen LogP contribution in [0, 0.1) is 6.92 Å². The third-order valence-corrected chi connectivity index (χ3v) is 4.62. The summed E-state index contributed by atoms with van der Waals surface area (Å²) in [7, 11) is 0. The van der Waals surface area contributed by atoms with E-state index in [0.29, 0.717) is 22.9 Å². The van der Waals surface area contributed by atoms with Gasteiger partial charge in [0.1, 0.15) is 5.69 Å². The number of carbonyl (C=O) groups is 2. The maximum atomic E-state index is 12.4. The molecular formula is C22H20N4O5. The average molecular weight is 420 g/mol. The van der Waals surface area contributed by atoms with Crippen LogP contribution < -0.4 is 25.7 Å². The molecule has 0 atom stereocenters. The Balaban J connectivity index is 1.38. The molecule has 1 aromatic heterocycles. The van der Waals surface area contributed by atoms with Gasteiger partial charge in [0, 0.05) is 29.9 Å². The summed E-state index contributed by atoms with van der Waals surface area (Å²) < 4.78 is 11.6. The van der Waals surface area contributed by atoms with Crippen molar-refractivity contribution < 1.29 is 19.1 Å². The van der Waals surface area contributed by atoms with Crippen LogP contribution in [0.5, 0.6) is 11.5 Å². The smallest absolute Gasteiger partial charge is 0.276 e. The van der Waals surface area contributed by atoms with Gasteiger partial charge in [-0.15, -0.1) is 0 Å². The summed E-state index contributed by atoms with van der Waals surface area (Å²) in [6, 6.07) is 15.0. The van der Waals surface area contributed by atoms with Crippen molar-refractivity contribution in [3.63, 3.8) is 0 Å². The van der Waals surface area contributed by atoms with Crippen LogP contribution in [-0.4, -0.2) is 28.4 Å². The van der Waals surface area contributed by atoms with Gasteiger partial charge in [0.2, 0.25) is 12.7 Å². The topological polar surface area (TPSA) is 112 Å². The fraction of sp³-hybridized carbons (Fsp3) is 0.182. The molecule has 0 spiro atoms. The van der Waals surface area contributed by atoms with Gasteiger partial charge in [0.05, 0.1) is 6.54 Å². The predicted molar refractivity (Wildman–Crippen MR) is 113 cm³/mol. The van der Waals surface area contributed by atoms with Crippen LogP contribution in [0.25, 0.3) is 0 Å². The van der Waals surface area contributed by atoms with Crippen molar-refractivity contribution in [2.45, 2.75) is 19.9 Å². The number of aromatic nitrogens is 2. The Labute approximate surface area is 177 Å². The van der Waals surface area contributed by atoms with Crippen LogP contribution in [0.3, 0.4) is 0 Å². The molecular weight excluding hydrogens is 400 g/mol. The number of anilines is 2. The molecule has 0 aliphatic carbocycles. The number of carbonyl (C=O) groups excluding carboxylic acids is 2. The summed E-state index contributed by atoms with van der Waals surface area (Å²) >= 11 is 0. The highest BCUT2D eigenvalue weighted by atomic mass is 16.7. The van der Waals surface area contributed by atoms with E-state index in [0.717, 1.165) is 10.2 Å². The first-order valence-electron chi connectivity index (χ1n) is 9.64. The normalized spacial score (nSPS) is 11.8. The molecule has 3 aromatic rings. The third kappa shape index (κ3) is 4.89. The maximum absolute atomic E-state index is 12.4. The monoisotopic (exact) mass is 420 g/mol. The number of amides is 2. The summed E-state index contributed by atoms with van der Waals surface area (Å²) in [6.45, 7) is 2.13. The second-order valence-corrected chi connectivity index (χ2v) is 6.97. The lowest BCUT2D eigenvalue weighted by Gasteiger charge is -2.09. The van der Waals surface area contributed by atoms with Crippen molar-refractivity contribution in [3.8, 4) is 11.5 Å². The summed E-state index contributed by atoms with van der Waals surface area (Å²) in [5.41, 5.74) is 1.93. The summed E-state index contributed by atoms with van der Waals surface area (Å²) in [5, 5.41) is 9.56. The van der Waals surface area contributed by atoms with Gasteiger partial charge in [-0.05, 0) is 37.3 Å². The number of nitrogens with one attached hydrogen (secondary N) is 2. The summed E-state index contributed by atoms with van der Waals surface area (Å²) in [5.74, 6) is 0.432. The van der Waals surface area contributed by atoms with E-state index in [1.54, 1.807) is 30.3 Å². The standard InChI is InChI=1S/C22H20N4O5/c1-14-2-4-15(5-3-14)24-22(29)17-7-9-21(28)26(25-17)11-10-20(27)23-16-6-8-18-19(12-16)31-13-30-18/h2-9,12H,10-11,13H2,1H3,(H,23,27)(H,24,29). The van der Waals surface area contributed by atoms with Gasteiger partial charge < -0.3 is 20.1 Å². The Morgan fingerprint density at radius 1 is 0.968 bits per heavy atom. The minimum absolute atomic E-state index is 0.00435. The number of aryl methyl sites for hydroxylation is 2. The zero-order valence-electron chi connectivity index (χ0n) is 16.8. The Hall–Kier alpha value is -4.14. The highest BCUT2D eigenvalue weighted by Crippen LogP contribution is 2.34. The molecule has 0 unspecified atom stereocenters. The van der Waals surface area contributed by atoms with E-state index >= 15 is 0 Å². The van der Waals surface area contributed by atoms with Crippen molar-refractivity contribution in [1.82, 2.24) is 9.78 Å². The Bertz CT molecular complexity index is 1190. The van der Waals surface area contributed by atoms with Gasteiger partial charge in [0.25, 0.3) is 11.5 Å². The number of fused-ring (bicyclic) bond motifs is 1. The number of hydrogen-bond donors (Lipinski definition) is 2. The van der Waals surface area contributed by atoms with Gasteiger partial charge in [-0.2, -0.15) is 5.10 Å². The molecule has 2 N–H and O–H groups in total. The SMILES string of the molecule is Cc1ccc(NC(=O)c2ccc(=O)n(CCC(=O)Nc3ccc4c(c3)OCO4)n2)cc1. The number of hydrogen-bond acceptors (Lipinski definition) is 6. The summed E-state index contributed by atoms with van der Waals surface area (Å²) in [4.78, 5) is 36.8. The van der Waals surface area contributed by atoms with Crippen molar-refractivity contribution >= 4 is 23.2 Å². The molecule has 0 fully saturated rings. The third-order valence-electron chi connectivity index (χ3n) is 4.62. The molecule has 2 heterocycles. The number of ether oxygens (including phenoxy) is 2. The van der Waals surface area contributed by atoms with Crippen molar-refractivity contribution in [2.75, 3.05) is 17.4 Å². The quantitative estimate of drug-likeness (QED) is 0.634. The van der Waals surface area contributed by atoms with Gasteiger partial charge in [-0.1, -0.05) is 17.7 Å². The minimum atomic E-state index is -0.442. The van der Waals surface area contributed by atoms with Crippen LogP contribution in [-0.2, 0) is 11.3 Å². The van der Waals surface area contributed by atoms with Gasteiger partial charge >= 0.3 is 0 Å². The second kappa shape index (κ2) is 8.70. The maximum Gasteiger partial charge on any atom is 0.276 e. The predicted octanol–water partition coefficient (Wildman–Crippen LogP) is 2.56. The fourth-order valence-electron chi connectivity index (χ4n) is 2.97. The Kier molecular flexibility index (Phi) is 5.65. The molecule has 31 heavy (non-hydrogen) atoms. The lowest BCUT2D eigenvalue weighted by molar-refractivity contribution is -0.116. The van der Waals surface area contributed by atoms with Crippen molar-refractivity contribution in [3.05, 3.63) is 76.2 Å². The Morgan fingerprint density at radius 2 is 1.71 bits per heavy atom. The first kappa shape index (κ1) is 20.1. The largest absolute Gasteiger partial charge is 0.454 e. The zero-order chi connectivity index (χ0) is 21.8. The number of benzene rings is 2. The molecule has 0 saturated carbocycles. The highest BCUT2D eigenvalue weighted by molar-refractivity contribution is 6.02. The summed E-state index contributed by atoms with van der Waals surface area (Å²) in [6.07, 6.45) is 0.00435. The first-order valence-corrected chi connectivity index (χ1v) is 9.64.